The van der Waals surface area contributed by atoms with Crippen LogP contribution in [0.2, 0.25) is 0 Å². The summed E-state index contributed by atoms with van der Waals surface area (Å²) in [5.41, 5.74) is 0. The summed E-state index contributed by atoms with van der Waals surface area (Å²) < 4.78 is 0. The van der Waals surface area contributed by atoms with Crippen LogP contribution in [0.1, 0.15) is 64.2 Å². The Balaban J connectivity index is 1.29. The molecule has 1 N–H and O–H groups in total. The number of hydrogen-bond acceptors (Lipinski definition) is 2. The van der Waals surface area contributed by atoms with Crippen LogP contribution in [0.4, 0.5) is 0 Å². The molecule has 0 aromatic carbocycles. The van der Waals surface area contributed by atoms with E-state index in [1.54, 1.807) is 0 Å². The fourth-order valence-corrected chi connectivity index (χ4v) is 4.89. The SMILES string of the molecule is CN=C(NCCCCC1CCCC1)N1CCC(CN2CCCC2)C1. The molecule has 0 aromatic heterocycles. The van der Waals surface area contributed by atoms with Gasteiger partial charge in [-0.3, -0.25) is 4.99 Å². The van der Waals surface area contributed by atoms with Crippen molar-refractivity contribution in [2.45, 2.75) is 64.2 Å². The molecule has 3 aliphatic rings. The molecule has 3 fully saturated rings. The second-order valence-electron chi connectivity index (χ2n) is 8.23. The molecule has 1 atom stereocenters. The molecule has 0 spiro atoms. The molecule has 1 aliphatic carbocycles. The van der Waals surface area contributed by atoms with Crippen LogP contribution in [-0.4, -0.2) is 62.1 Å². The summed E-state index contributed by atoms with van der Waals surface area (Å²) in [4.78, 5) is 9.67. The number of likely N-dealkylation sites (tertiary alicyclic amines) is 2. The minimum atomic E-state index is 0.837. The summed E-state index contributed by atoms with van der Waals surface area (Å²) in [5.74, 6) is 3.01. The summed E-state index contributed by atoms with van der Waals surface area (Å²) in [7, 11) is 1.94. The quantitative estimate of drug-likeness (QED) is 0.440. The second kappa shape index (κ2) is 9.65. The standard InChI is InChI=1S/C20H38N4/c1-21-20(22-12-5-4-10-18-8-2-3-9-18)24-15-11-19(17-24)16-23-13-6-7-14-23/h18-19H,2-17H2,1H3,(H,21,22). The molecule has 0 radical (unpaired) electrons. The molecule has 2 saturated heterocycles. The number of hydrogen-bond donors (Lipinski definition) is 1. The van der Waals surface area contributed by atoms with E-state index >= 15 is 0 Å². The van der Waals surface area contributed by atoms with Crippen LogP contribution < -0.4 is 5.32 Å². The lowest BCUT2D eigenvalue weighted by Gasteiger charge is -2.23. The average Bonchev–Trinajstić information content (AvgIpc) is 3.34. The first-order valence-corrected chi connectivity index (χ1v) is 10.5. The van der Waals surface area contributed by atoms with Crippen LogP contribution in [0.25, 0.3) is 0 Å². The molecule has 138 valence electrons. The summed E-state index contributed by atoms with van der Waals surface area (Å²) >= 11 is 0. The van der Waals surface area contributed by atoms with Gasteiger partial charge in [0, 0.05) is 33.2 Å². The molecular weight excluding hydrogens is 296 g/mol. The maximum Gasteiger partial charge on any atom is 0.193 e. The van der Waals surface area contributed by atoms with Crippen molar-refractivity contribution in [2.24, 2.45) is 16.8 Å². The Labute approximate surface area is 149 Å². The van der Waals surface area contributed by atoms with Crippen molar-refractivity contribution < 1.29 is 0 Å². The molecule has 0 bridgehead atoms. The van der Waals surface area contributed by atoms with E-state index in [2.05, 4.69) is 20.1 Å². The van der Waals surface area contributed by atoms with Gasteiger partial charge < -0.3 is 15.1 Å². The van der Waals surface area contributed by atoms with E-state index in [1.807, 2.05) is 7.05 Å². The van der Waals surface area contributed by atoms with Gasteiger partial charge in [0.15, 0.2) is 5.96 Å². The number of rotatable bonds is 7. The fourth-order valence-electron chi connectivity index (χ4n) is 4.89. The maximum absolute atomic E-state index is 4.53. The van der Waals surface area contributed by atoms with Gasteiger partial charge in [-0.15, -0.1) is 0 Å². The van der Waals surface area contributed by atoms with E-state index in [1.165, 1.54) is 96.9 Å². The van der Waals surface area contributed by atoms with Crippen LogP contribution in [0.5, 0.6) is 0 Å². The highest BCUT2D eigenvalue weighted by Gasteiger charge is 2.27. The zero-order chi connectivity index (χ0) is 16.6. The summed E-state index contributed by atoms with van der Waals surface area (Å²) in [6.45, 7) is 7.41. The highest BCUT2D eigenvalue weighted by Crippen LogP contribution is 2.28. The zero-order valence-corrected chi connectivity index (χ0v) is 15.8. The van der Waals surface area contributed by atoms with Gasteiger partial charge in [0.05, 0.1) is 0 Å². The third-order valence-electron chi connectivity index (χ3n) is 6.31. The number of aliphatic imine (C=N–C) groups is 1. The molecule has 1 unspecified atom stereocenters. The van der Waals surface area contributed by atoms with Crippen molar-refractivity contribution in [2.75, 3.05) is 46.3 Å². The average molecular weight is 335 g/mol. The summed E-state index contributed by atoms with van der Waals surface area (Å²) in [5, 5.41) is 3.61. The van der Waals surface area contributed by atoms with E-state index in [0.29, 0.717) is 0 Å². The van der Waals surface area contributed by atoms with Gasteiger partial charge in [-0.25, -0.2) is 0 Å². The molecule has 4 nitrogen and oxygen atoms in total. The predicted molar refractivity (Wildman–Crippen MR) is 103 cm³/mol. The lowest BCUT2D eigenvalue weighted by molar-refractivity contribution is 0.281. The molecule has 0 amide bonds. The first-order chi connectivity index (χ1) is 11.8. The third-order valence-corrected chi connectivity index (χ3v) is 6.31. The molecule has 2 aliphatic heterocycles. The lowest BCUT2D eigenvalue weighted by Crippen LogP contribution is -2.41. The minimum absolute atomic E-state index is 0.837. The number of guanidine groups is 1. The van der Waals surface area contributed by atoms with Gasteiger partial charge in [0.2, 0.25) is 0 Å². The largest absolute Gasteiger partial charge is 0.356 e. The number of nitrogens with zero attached hydrogens (tertiary/aromatic N) is 3. The summed E-state index contributed by atoms with van der Waals surface area (Å²) in [6, 6.07) is 0. The van der Waals surface area contributed by atoms with Gasteiger partial charge >= 0.3 is 0 Å². The Bertz CT molecular complexity index is 383. The van der Waals surface area contributed by atoms with E-state index in [4.69, 9.17) is 0 Å². The van der Waals surface area contributed by atoms with Crippen molar-refractivity contribution in [3.63, 3.8) is 0 Å². The van der Waals surface area contributed by atoms with Crippen molar-refractivity contribution in [1.29, 1.82) is 0 Å². The normalized spacial score (nSPS) is 26.6. The molecule has 24 heavy (non-hydrogen) atoms. The Morgan fingerprint density at radius 1 is 0.958 bits per heavy atom. The topological polar surface area (TPSA) is 30.9 Å². The smallest absolute Gasteiger partial charge is 0.193 e. The Morgan fingerprint density at radius 3 is 2.50 bits per heavy atom. The van der Waals surface area contributed by atoms with E-state index in [9.17, 15) is 0 Å². The first-order valence-electron chi connectivity index (χ1n) is 10.5. The van der Waals surface area contributed by atoms with E-state index < -0.39 is 0 Å². The monoisotopic (exact) mass is 334 g/mol. The van der Waals surface area contributed by atoms with Gasteiger partial charge in [-0.2, -0.15) is 0 Å². The number of unbranched alkanes of at least 4 members (excludes halogenated alkanes) is 1. The van der Waals surface area contributed by atoms with Crippen LogP contribution in [-0.2, 0) is 0 Å². The minimum Gasteiger partial charge on any atom is -0.356 e. The molecule has 2 heterocycles. The molecule has 3 rings (SSSR count). The van der Waals surface area contributed by atoms with E-state index in [-0.39, 0.29) is 0 Å². The Morgan fingerprint density at radius 2 is 1.75 bits per heavy atom. The first kappa shape index (κ1) is 18.0. The van der Waals surface area contributed by atoms with Gasteiger partial charge in [0.25, 0.3) is 0 Å². The van der Waals surface area contributed by atoms with Gasteiger partial charge in [0.1, 0.15) is 0 Å². The van der Waals surface area contributed by atoms with Gasteiger partial charge in [-0.05, 0) is 50.6 Å². The van der Waals surface area contributed by atoms with Crippen molar-refractivity contribution in [1.82, 2.24) is 15.1 Å². The van der Waals surface area contributed by atoms with Crippen molar-refractivity contribution >= 4 is 5.96 Å². The van der Waals surface area contributed by atoms with Crippen LogP contribution in [0, 0.1) is 11.8 Å². The van der Waals surface area contributed by atoms with Crippen LogP contribution >= 0.6 is 0 Å². The molecular formula is C20H38N4. The second-order valence-corrected chi connectivity index (χ2v) is 8.23. The Hall–Kier alpha value is -0.770. The fraction of sp³-hybridized carbons (Fsp3) is 0.950. The van der Waals surface area contributed by atoms with Crippen molar-refractivity contribution in [3.8, 4) is 0 Å². The highest BCUT2D eigenvalue weighted by atomic mass is 15.3. The van der Waals surface area contributed by atoms with Crippen molar-refractivity contribution in [3.05, 3.63) is 0 Å². The predicted octanol–water partition coefficient (Wildman–Crippen LogP) is 3.34. The lowest BCUT2D eigenvalue weighted by atomic mass is 10.0. The molecule has 4 heteroatoms. The third kappa shape index (κ3) is 5.37. The Kier molecular flexibility index (Phi) is 7.25. The molecule has 0 aromatic rings. The van der Waals surface area contributed by atoms with Crippen LogP contribution in [0.15, 0.2) is 4.99 Å². The summed E-state index contributed by atoms with van der Waals surface area (Å²) in [6.07, 6.45) is 14.2. The maximum atomic E-state index is 4.53. The van der Waals surface area contributed by atoms with Crippen LogP contribution in [0.3, 0.4) is 0 Å². The highest BCUT2D eigenvalue weighted by molar-refractivity contribution is 5.80. The van der Waals surface area contributed by atoms with E-state index in [0.717, 1.165) is 24.3 Å². The molecule has 1 saturated carbocycles. The van der Waals surface area contributed by atoms with Gasteiger partial charge in [-0.1, -0.05) is 38.5 Å². The zero-order valence-electron chi connectivity index (χ0n) is 15.8. The number of nitrogens with one attached hydrogen (secondary N) is 1.